The molecule has 1 aromatic rings. The SMILES string of the molecule is CCCCN(C)C(=O)c1ccccc1S(=O)(=O)N(C)C(C)CN.Cl. The van der Waals surface area contributed by atoms with Gasteiger partial charge in [0, 0.05) is 33.2 Å². The summed E-state index contributed by atoms with van der Waals surface area (Å²) in [6, 6.07) is 5.97. The van der Waals surface area contributed by atoms with Crippen LogP contribution in [-0.2, 0) is 10.0 Å². The van der Waals surface area contributed by atoms with Crippen LogP contribution < -0.4 is 5.73 Å². The van der Waals surface area contributed by atoms with Gasteiger partial charge in [0.05, 0.1) is 10.5 Å². The molecule has 0 saturated heterocycles. The molecule has 6 nitrogen and oxygen atoms in total. The molecule has 0 spiro atoms. The lowest BCUT2D eigenvalue weighted by Gasteiger charge is -2.25. The summed E-state index contributed by atoms with van der Waals surface area (Å²) in [7, 11) is -0.605. The molecule has 24 heavy (non-hydrogen) atoms. The summed E-state index contributed by atoms with van der Waals surface area (Å²) in [6.45, 7) is 4.58. The number of halogens is 1. The maximum Gasteiger partial charge on any atom is 0.254 e. The summed E-state index contributed by atoms with van der Waals surface area (Å²) >= 11 is 0. The van der Waals surface area contributed by atoms with Crippen LogP contribution in [0.4, 0.5) is 0 Å². The van der Waals surface area contributed by atoms with Crippen molar-refractivity contribution in [2.24, 2.45) is 5.73 Å². The summed E-state index contributed by atoms with van der Waals surface area (Å²) in [5.41, 5.74) is 5.76. The highest BCUT2D eigenvalue weighted by Gasteiger charge is 2.29. The van der Waals surface area contributed by atoms with Gasteiger partial charge >= 0.3 is 0 Å². The smallest absolute Gasteiger partial charge is 0.254 e. The van der Waals surface area contributed by atoms with Crippen molar-refractivity contribution in [3.63, 3.8) is 0 Å². The number of rotatable bonds is 8. The highest BCUT2D eigenvalue weighted by molar-refractivity contribution is 7.89. The Kier molecular flexibility index (Phi) is 9.50. The number of amides is 1. The molecule has 1 aromatic carbocycles. The number of carbonyl (C=O) groups is 1. The number of hydrogen-bond acceptors (Lipinski definition) is 4. The highest BCUT2D eigenvalue weighted by Crippen LogP contribution is 2.22. The van der Waals surface area contributed by atoms with Crippen molar-refractivity contribution >= 4 is 28.3 Å². The Labute approximate surface area is 151 Å². The molecule has 0 saturated carbocycles. The van der Waals surface area contributed by atoms with Crippen molar-refractivity contribution in [3.8, 4) is 0 Å². The minimum absolute atomic E-state index is 0. The van der Waals surface area contributed by atoms with Crippen molar-refractivity contribution in [2.75, 3.05) is 27.2 Å². The second kappa shape index (κ2) is 9.98. The number of sulfonamides is 1. The van der Waals surface area contributed by atoms with Crippen LogP contribution in [-0.4, -0.2) is 56.8 Å². The fraction of sp³-hybridized carbons (Fsp3) is 0.562. The minimum Gasteiger partial charge on any atom is -0.342 e. The maximum atomic E-state index is 12.8. The second-order valence-electron chi connectivity index (χ2n) is 5.68. The van der Waals surface area contributed by atoms with Gasteiger partial charge < -0.3 is 10.6 Å². The van der Waals surface area contributed by atoms with E-state index in [0.717, 1.165) is 12.8 Å². The first-order valence-corrected chi connectivity index (χ1v) is 9.23. The first kappa shape index (κ1) is 22.9. The highest BCUT2D eigenvalue weighted by atomic mass is 35.5. The van der Waals surface area contributed by atoms with Gasteiger partial charge in [-0.3, -0.25) is 4.79 Å². The average molecular weight is 378 g/mol. The summed E-state index contributed by atoms with van der Waals surface area (Å²) in [5.74, 6) is -0.286. The molecule has 8 heteroatoms. The maximum absolute atomic E-state index is 12.8. The molecular weight excluding hydrogens is 350 g/mol. The van der Waals surface area contributed by atoms with E-state index in [-0.39, 0.29) is 41.4 Å². The van der Waals surface area contributed by atoms with Gasteiger partial charge in [0.1, 0.15) is 0 Å². The lowest BCUT2D eigenvalue weighted by molar-refractivity contribution is 0.0789. The Morgan fingerprint density at radius 1 is 1.25 bits per heavy atom. The van der Waals surface area contributed by atoms with Gasteiger partial charge in [-0.1, -0.05) is 25.5 Å². The number of carbonyl (C=O) groups excluding carboxylic acids is 1. The summed E-state index contributed by atoms with van der Waals surface area (Å²) < 4.78 is 26.8. The number of hydrogen-bond donors (Lipinski definition) is 1. The molecular formula is C16H28ClN3O3S. The van der Waals surface area contributed by atoms with E-state index in [1.54, 1.807) is 37.1 Å². The van der Waals surface area contributed by atoms with Crippen LogP contribution >= 0.6 is 12.4 Å². The normalized spacial score (nSPS) is 12.6. The molecule has 0 aliphatic heterocycles. The number of nitrogens with zero attached hydrogens (tertiary/aromatic N) is 2. The van der Waals surface area contributed by atoms with Crippen molar-refractivity contribution in [1.29, 1.82) is 0 Å². The third-order valence-corrected chi connectivity index (χ3v) is 5.96. The van der Waals surface area contributed by atoms with Crippen molar-refractivity contribution < 1.29 is 13.2 Å². The molecule has 1 unspecified atom stereocenters. The zero-order chi connectivity index (χ0) is 17.6. The quantitative estimate of drug-likeness (QED) is 0.750. The van der Waals surface area contributed by atoms with E-state index in [2.05, 4.69) is 0 Å². The van der Waals surface area contributed by atoms with Gasteiger partial charge in [-0.25, -0.2) is 8.42 Å². The lowest BCUT2D eigenvalue weighted by atomic mass is 10.2. The van der Waals surface area contributed by atoms with Crippen LogP contribution in [0.25, 0.3) is 0 Å². The van der Waals surface area contributed by atoms with E-state index >= 15 is 0 Å². The third kappa shape index (κ3) is 5.17. The van der Waals surface area contributed by atoms with E-state index in [9.17, 15) is 13.2 Å². The number of unbranched alkanes of at least 4 members (excludes halogenated alkanes) is 1. The van der Waals surface area contributed by atoms with E-state index in [1.807, 2.05) is 6.92 Å². The van der Waals surface area contributed by atoms with Gasteiger partial charge in [0.2, 0.25) is 10.0 Å². The average Bonchev–Trinajstić information content (AvgIpc) is 2.57. The molecule has 1 amide bonds. The van der Waals surface area contributed by atoms with Crippen molar-refractivity contribution in [3.05, 3.63) is 29.8 Å². The molecule has 0 heterocycles. The molecule has 2 N–H and O–H groups in total. The Balaban J connectivity index is 0.00000529. The van der Waals surface area contributed by atoms with E-state index in [0.29, 0.717) is 6.54 Å². The summed E-state index contributed by atoms with van der Waals surface area (Å²) in [6.07, 6.45) is 1.84. The predicted octanol–water partition coefficient (Wildman–Crippen LogP) is 1.95. The van der Waals surface area contributed by atoms with E-state index in [4.69, 9.17) is 5.73 Å². The summed E-state index contributed by atoms with van der Waals surface area (Å²) in [4.78, 5) is 14.2. The van der Waals surface area contributed by atoms with Crippen molar-refractivity contribution in [1.82, 2.24) is 9.21 Å². The Morgan fingerprint density at radius 2 is 1.83 bits per heavy atom. The Hall–Kier alpha value is -1.15. The molecule has 1 rings (SSSR count). The molecule has 0 bridgehead atoms. The Morgan fingerprint density at radius 3 is 2.38 bits per heavy atom. The Bertz CT molecular complexity index is 637. The molecule has 0 aromatic heterocycles. The standard InChI is InChI=1S/C16H27N3O3S.ClH/c1-5-6-11-18(3)16(20)14-9-7-8-10-15(14)23(21,22)19(4)13(2)12-17;/h7-10,13H,5-6,11-12,17H2,1-4H3;1H. The first-order chi connectivity index (χ1) is 10.8. The van der Waals surface area contributed by atoms with Crippen LogP contribution in [0.1, 0.15) is 37.0 Å². The van der Waals surface area contributed by atoms with Gasteiger partial charge in [-0.2, -0.15) is 4.31 Å². The number of benzene rings is 1. The fourth-order valence-corrected chi connectivity index (χ4v) is 3.67. The molecule has 138 valence electrons. The van der Waals surface area contributed by atoms with Crippen LogP contribution in [0.2, 0.25) is 0 Å². The molecule has 1 atom stereocenters. The van der Waals surface area contributed by atoms with Crippen LogP contribution in [0.15, 0.2) is 29.2 Å². The minimum atomic E-state index is -3.77. The number of likely N-dealkylation sites (N-methyl/N-ethyl adjacent to an activating group) is 1. The van der Waals surface area contributed by atoms with Crippen molar-refractivity contribution in [2.45, 2.75) is 37.6 Å². The van der Waals surface area contributed by atoms with Crippen LogP contribution in [0.5, 0.6) is 0 Å². The summed E-state index contributed by atoms with van der Waals surface area (Å²) in [5, 5.41) is 0. The van der Waals surface area contributed by atoms with Crippen LogP contribution in [0.3, 0.4) is 0 Å². The van der Waals surface area contributed by atoms with Crippen LogP contribution in [0, 0.1) is 0 Å². The largest absolute Gasteiger partial charge is 0.342 e. The molecule has 0 aliphatic rings. The van der Waals surface area contributed by atoms with Gasteiger partial charge in [0.15, 0.2) is 0 Å². The monoisotopic (exact) mass is 377 g/mol. The van der Waals surface area contributed by atoms with Gasteiger partial charge in [-0.05, 0) is 25.5 Å². The van der Waals surface area contributed by atoms with Gasteiger partial charge in [0.25, 0.3) is 5.91 Å². The lowest BCUT2D eigenvalue weighted by Crippen LogP contribution is -2.40. The zero-order valence-corrected chi connectivity index (χ0v) is 16.4. The molecule has 0 radical (unpaired) electrons. The third-order valence-electron chi connectivity index (χ3n) is 3.93. The zero-order valence-electron chi connectivity index (χ0n) is 14.7. The van der Waals surface area contributed by atoms with E-state index in [1.165, 1.54) is 17.4 Å². The van der Waals surface area contributed by atoms with E-state index < -0.39 is 10.0 Å². The molecule has 0 aliphatic carbocycles. The fourth-order valence-electron chi connectivity index (χ4n) is 2.11. The number of nitrogens with two attached hydrogens (primary N) is 1. The topological polar surface area (TPSA) is 83.7 Å². The van der Waals surface area contributed by atoms with Gasteiger partial charge in [-0.15, -0.1) is 12.4 Å². The molecule has 0 fully saturated rings. The second-order valence-corrected chi connectivity index (χ2v) is 7.65. The first-order valence-electron chi connectivity index (χ1n) is 7.79. The predicted molar refractivity (Wildman–Crippen MR) is 99.0 cm³/mol.